The maximum absolute atomic E-state index is 11.2. The lowest BCUT2D eigenvalue weighted by Gasteiger charge is -2.04. The van der Waals surface area contributed by atoms with Crippen molar-refractivity contribution < 1.29 is 4.79 Å². The van der Waals surface area contributed by atoms with Gasteiger partial charge >= 0.3 is 0 Å². The topological polar surface area (TPSA) is 34.9 Å². The number of rotatable bonds is 5. The van der Waals surface area contributed by atoms with Crippen LogP contribution in [0.5, 0.6) is 0 Å². The predicted octanol–water partition coefficient (Wildman–Crippen LogP) is 4.17. The van der Waals surface area contributed by atoms with Crippen molar-refractivity contribution in [3.05, 3.63) is 40.5 Å². The van der Waals surface area contributed by atoms with Gasteiger partial charge in [0, 0.05) is 22.8 Å². The average Bonchev–Trinajstić information content (AvgIpc) is 2.80. The van der Waals surface area contributed by atoms with Gasteiger partial charge in [-0.05, 0) is 24.5 Å². The first kappa shape index (κ1) is 14.0. The molecule has 2 aromatic rings. The number of carbonyl (C=O) groups excluding carboxylic acids is 1. The zero-order chi connectivity index (χ0) is 13.8. The monoisotopic (exact) mass is 320 g/mol. The normalized spacial score (nSPS) is 10.9. The summed E-state index contributed by atoms with van der Waals surface area (Å²) in [5.41, 5.74) is 2.37. The van der Waals surface area contributed by atoms with Gasteiger partial charge in [0.1, 0.15) is 5.69 Å². The molecular weight excluding hydrogens is 304 g/mol. The second kappa shape index (κ2) is 6.15. The van der Waals surface area contributed by atoms with Crippen molar-refractivity contribution in [1.29, 1.82) is 0 Å². The summed E-state index contributed by atoms with van der Waals surface area (Å²) in [6, 6.07) is 7.84. The summed E-state index contributed by atoms with van der Waals surface area (Å²) in [7, 11) is 0. The van der Waals surface area contributed by atoms with E-state index in [2.05, 4.69) is 34.9 Å². The second-order valence-corrected chi connectivity index (χ2v) is 5.92. The molecule has 100 valence electrons. The highest BCUT2D eigenvalue weighted by Gasteiger charge is 2.10. The van der Waals surface area contributed by atoms with Crippen LogP contribution in [0.3, 0.4) is 0 Å². The van der Waals surface area contributed by atoms with Gasteiger partial charge in [-0.3, -0.25) is 9.48 Å². The number of aldehydes is 1. The molecule has 0 radical (unpaired) electrons. The lowest BCUT2D eigenvalue weighted by atomic mass is 10.1. The van der Waals surface area contributed by atoms with Crippen molar-refractivity contribution >= 4 is 22.2 Å². The summed E-state index contributed by atoms with van der Waals surface area (Å²) < 4.78 is 2.88. The summed E-state index contributed by atoms with van der Waals surface area (Å²) in [5.74, 6) is 0.625. The summed E-state index contributed by atoms with van der Waals surface area (Å²) in [6.45, 7) is 5.20. The van der Waals surface area contributed by atoms with Crippen LogP contribution in [-0.4, -0.2) is 16.1 Å². The van der Waals surface area contributed by atoms with E-state index in [1.807, 2.05) is 35.1 Å². The van der Waals surface area contributed by atoms with Gasteiger partial charge in [-0.1, -0.05) is 41.9 Å². The number of aromatic nitrogens is 2. The number of benzene rings is 1. The highest BCUT2D eigenvalue weighted by atomic mass is 79.9. The maximum atomic E-state index is 11.2. The lowest BCUT2D eigenvalue weighted by molar-refractivity contribution is 0.112. The van der Waals surface area contributed by atoms with E-state index in [1.54, 1.807) is 0 Å². The van der Waals surface area contributed by atoms with Crippen molar-refractivity contribution in [3.63, 3.8) is 0 Å². The molecule has 19 heavy (non-hydrogen) atoms. The van der Waals surface area contributed by atoms with Crippen molar-refractivity contribution in [1.82, 2.24) is 9.78 Å². The zero-order valence-corrected chi connectivity index (χ0v) is 12.7. The SMILES string of the molecule is CC(C)CCn1cc(C=O)c(-c2ccc(Br)cc2)n1. The molecule has 1 aromatic carbocycles. The van der Waals surface area contributed by atoms with Gasteiger partial charge in [0.25, 0.3) is 0 Å². The Balaban J connectivity index is 2.29. The number of nitrogens with zero attached hydrogens (tertiary/aromatic N) is 2. The Morgan fingerprint density at radius 1 is 1.32 bits per heavy atom. The first-order valence-corrected chi connectivity index (χ1v) is 7.18. The molecule has 0 atom stereocenters. The molecule has 0 N–H and O–H groups in total. The van der Waals surface area contributed by atoms with E-state index in [9.17, 15) is 4.79 Å². The molecule has 1 aromatic heterocycles. The summed E-state index contributed by atoms with van der Waals surface area (Å²) in [4.78, 5) is 11.2. The van der Waals surface area contributed by atoms with Gasteiger partial charge in [-0.15, -0.1) is 0 Å². The van der Waals surface area contributed by atoms with E-state index < -0.39 is 0 Å². The number of carbonyl (C=O) groups is 1. The Morgan fingerprint density at radius 2 is 2.00 bits per heavy atom. The van der Waals surface area contributed by atoms with Crippen LogP contribution in [0, 0.1) is 5.92 Å². The van der Waals surface area contributed by atoms with Crippen LogP contribution in [0.4, 0.5) is 0 Å². The third-order valence-corrected chi connectivity index (χ3v) is 3.50. The third-order valence-electron chi connectivity index (χ3n) is 2.97. The molecule has 0 unspecified atom stereocenters. The molecule has 4 heteroatoms. The first-order valence-electron chi connectivity index (χ1n) is 6.38. The fourth-order valence-electron chi connectivity index (χ4n) is 1.86. The van der Waals surface area contributed by atoms with E-state index in [0.717, 1.165) is 35.0 Å². The Bertz CT molecular complexity index is 558. The standard InChI is InChI=1S/C15H17BrN2O/c1-11(2)7-8-18-9-13(10-19)15(17-18)12-3-5-14(16)6-4-12/h3-6,9-11H,7-8H2,1-2H3. The first-order chi connectivity index (χ1) is 9.10. The van der Waals surface area contributed by atoms with Gasteiger partial charge in [-0.2, -0.15) is 5.10 Å². The molecule has 0 amide bonds. The van der Waals surface area contributed by atoms with Crippen LogP contribution in [-0.2, 0) is 6.54 Å². The molecule has 0 bridgehead atoms. The molecule has 0 aliphatic carbocycles. The van der Waals surface area contributed by atoms with Crippen molar-refractivity contribution in [2.24, 2.45) is 5.92 Å². The number of aryl methyl sites for hydroxylation is 1. The number of halogens is 1. The Hall–Kier alpha value is -1.42. The van der Waals surface area contributed by atoms with Gasteiger partial charge in [0.15, 0.2) is 6.29 Å². The third kappa shape index (κ3) is 3.53. The molecule has 0 spiro atoms. The molecule has 0 saturated carbocycles. The number of hydrogen-bond acceptors (Lipinski definition) is 2. The zero-order valence-electron chi connectivity index (χ0n) is 11.1. The van der Waals surface area contributed by atoms with E-state index in [1.165, 1.54) is 0 Å². The molecule has 3 nitrogen and oxygen atoms in total. The fourth-order valence-corrected chi connectivity index (χ4v) is 2.12. The fraction of sp³-hybridized carbons (Fsp3) is 0.333. The van der Waals surface area contributed by atoms with Gasteiger partial charge < -0.3 is 0 Å². The van der Waals surface area contributed by atoms with Crippen LogP contribution in [0.25, 0.3) is 11.3 Å². The second-order valence-electron chi connectivity index (χ2n) is 5.00. The van der Waals surface area contributed by atoms with Crippen LogP contribution in [0.2, 0.25) is 0 Å². The quantitative estimate of drug-likeness (QED) is 0.775. The minimum absolute atomic E-state index is 0.625. The Morgan fingerprint density at radius 3 is 2.58 bits per heavy atom. The van der Waals surface area contributed by atoms with Gasteiger partial charge in [-0.25, -0.2) is 0 Å². The summed E-state index contributed by atoms with van der Waals surface area (Å²) in [6.07, 6.45) is 3.75. The molecule has 0 aliphatic rings. The largest absolute Gasteiger partial charge is 0.298 e. The van der Waals surface area contributed by atoms with Crippen LogP contribution >= 0.6 is 15.9 Å². The molecule has 0 fully saturated rings. The van der Waals surface area contributed by atoms with E-state index in [4.69, 9.17) is 0 Å². The van der Waals surface area contributed by atoms with Crippen molar-refractivity contribution in [3.8, 4) is 11.3 Å². The molecular formula is C15H17BrN2O. The van der Waals surface area contributed by atoms with Crippen LogP contribution in [0.1, 0.15) is 30.6 Å². The van der Waals surface area contributed by atoms with Crippen LogP contribution in [0.15, 0.2) is 34.9 Å². The molecule has 1 heterocycles. The Labute approximate surface area is 121 Å². The molecule has 2 rings (SSSR count). The highest BCUT2D eigenvalue weighted by molar-refractivity contribution is 9.10. The smallest absolute Gasteiger partial charge is 0.153 e. The van der Waals surface area contributed by atoms with E-state index in [0.29, 0.717) is 11.5 Å². The van der Waals surface area contributed by atoms with Gasteiger partial charge in [0.2, 0.25) is 0 Å². The minimum Gasteiger partial charge on any atom is -0.298 e. The lowest BCUT2D eigenvalue weighted by Crippen LogP contribution is -2.01. The van der Waals surface area contributed by atoms with E-state index >= 15 is 0 Å². The van der Waals surface area contributed by atoms with E-state index in [-0.39, 0.29) is 0 Å². The Kier molecular flexibility index (Phi) is 4.53. The molecule has 0 aliphatic heterocycles. The predicted molar refractivity (Wildman–Crippen MR) is 80.2 cm³/mol. The summed E-state index contributed by atoms with van der Waals surface area (Å²) >= 11 is 3.40. The summed E-state index contributed by atoms with van der Waals surface area (Å²) in [5, 5.41) is 4.52. The highest BCUT2D eigenvalue weighted by Crippen LogP contribution is 2.23. The van der Waals surface area contributed by atoms with Crippen molar-refractivity contribution in [2.75, 3.05) is 0 Å². The van der Waals surface area contributed by atoms with Crippen molar-refractivity contribution in [2.45, 2.75) is 26.8 Å². The van der Waals surface area contributed by atoms with Crippen LogP contribution < -0.4 is 0 Å². The van der Waals surface area contributed by atoms with Gasteiger partial charge in [0.05, 0.1) is 5.56 Å². The average molecular weight is 321 g/mol. The minimum atomic E-state index is 0.625. The maximum Gasteiger partial charge on any atom is 0.153 e. The molecule has 0 saturated heterocycles. The number of hydrogen-bond donors (Lipinski definition) is 0.